The number of para-hydroxylation sites is 1. The van der Waals surface area contributed by atoms with Crippen molar-refractivity contribution in [2.45, 2.75) is 6.42 Å². The third-order valence-corrected chi connectivity index (χ3v) is 2.18. The molecule has 1 rings (SSSR count). The molecular formula is C12H17N3O3. The molecule has 0 bridgehead atoms. The van der Waals surface area contributed by atoms with Crippen LogP contribution in [0.3, 0.4) is 0 Å². The van der Waals surface area contributed by atoms with Crippen molar-refractivity contribution in [2.75, 3.05) is 25.5 Å². The molecule has 1 aromatic rings. The molecule has 0 unspecified atom stereocenters. The molecule has 0 saturated heterocycles. The number of hydrazine groups is 1. The van der Waals surface area contributed by atoms with Gasteiger partial charge in [-0.1, -0.05) is 18.2 Å². The third-order valence-electron chi connectivity index (χ3n) is 2.18. The number of benzene rings is 1. The van der Waals surface area contributed by atoms with Crippen LogP contribution in [0.15, 0.2) is 30.3 Å². The normalized spacial score (nSPS) is 10.2. The number of amides is 2. The molecule has 0 atom stereocenters. The van der Waals surface area contributed by atoms with Crippen molar-refractivity contribution < 1.29 is 14.7 Å². The smallest absolute Gasteiger partial charge is 0.336 e. The maximum atomic E-state index is 11.9. The van der Waals surface area contributed by atoms with Gasteiger partial charge in [0, 0.05) is 26.3 Å². The highest BCUT2D eigenvalue weighted by molar-refractivity contribution is 5.92. The van der Waals surface area contributed by atoms with Crippen LogP contribution in [0.5, 0.6) is 0 Å². The highest BCUT2D eigenvalue weighted by Crippen LogP contribution is 2.13. The average Bonchev–Trinajstić information content (AvgIpc) is 2.29. The summed E-state index contributed by atoms with van der Waals surface area (Å²) in [6.07, 6.45) is -0.101. The largest absolute Gasteiger partial charge is 0.481 e. The average molecular weight is 251 g/mol. The van der Waals surface area contributed by atoms with Crippen molar-refractivity contribution >= 4 is 17.7 Å². The lowest BCUT2D eigenvalue weighted by atomic mass is 10.3. The monoisotopic (exact) mass is 251 g/mol. The summed E-state index contributed by atoms with van der Waals surface area (Å²) < 4.78 is 0. The van der Waals surface area contributed by atoms with Gasteiger partial charge in [-0.3, -0.25) is 15.1 Å². The molecule has 0 aliphatic heterocycles. The molecule has 0 aliphatic carbocycles. The number of rotatable bonds is 5. The Balaban J connectivity index is 2.81. The van der Waals surface area contributed by atoms with Gasteiger partial charge < -0.3 is 5.11 Å². The Hall–Kier alpha value is -2.08. The molecular weight excluding hydrogens is 234 g/mol. The highest BCUT2D eigenvalue weighted by Gasteiger charge is 2.16. The quantitative estimate of drug-likeness (QED) is 0.770. The van der Waals surface area contributed by atoms with Crippen LogP contribution < -0.4 is 10.3 Å². The molecule has 18 heavy (non-hydrogen) atoms. The molecule has 1 aromatic carbocycles. The molecule has 0 spiro atoms. The predicted octanol–water partition coefficient (Wildman–Crippen LogP) is 1.15. The van der Waals surface area contributed by atoms with Crippen molar-refractivity contribution in [3.8, 4) is 0 Å². The van der Waals surface area contributed by atoms with E-state index in [0.29, 0.717) is 5.69 Å². The lowest BCUT2D eigenvalue weighted by molar-refractivity contribution is -0.136. The first-order valence-electron chi connectivity index (χ1n) is 5.53. The lowest BCUT2D eigenvalue weighted by Crippen LogP contribution is -2.46. The van der Waals surface area contributed by atoms with E-state index in [1.165, 1.54) is 9.91 Å². The van der Waals surface area contributed by atoms with Crippen LogP contribution in [-0.2, 0) is 4.79 Å². The number of hydrogen-bond acceptors (Lipinski definition) is 3. The highest BCUT2D eigenvalue weighted by atomic mass is 16.4. The minimum absolute atomic E-state index is 0.101. The maximum absolute atomic E-state index is 11.9. The standard InChI is InChI=1S/C12H17N3O3/c1-14(2)13-12(18)15(9-8-11(16)17)10-6-4-3-5-7-10/h3-7H,8-9H2,1-2H3,(H,13,18)(H,16,17). The van der Waals surface area contributed by atoms with Crippen molar-refractivity contribution in [1.29, 1.82) is 0 Å². The Labute approximate surface area is 106 Å². The topological polar surface area (TPSA) is 72.9 Å². The van der Waals surface area contributed by atoms with Gasteiger partial charge in [-0.15, -0.1) is 0 Å². The van der Waals surface area contributed by atoms with Crippen LogP contribution in [0.25, 0.3) is 0 Å². The van der Waals surface area contributed by atoms with E-state index in [9.17, 15) is 9.59 Å². The number of hydrogen-bond donors (Lipinski definition) is 2. The van der Waals surface area contributed by atoms with Gasteiger partial charge in [0.25, 0.3) is 0 Å². The van der Waals surface area contributed by atoms with Crippen LogP contribution in [0.4, 0.5) is 10.5 Å². The zero-order chi connectivity index (χ0) is 13.5. The minimum Gasteiger partial charge on any atom is -0.481 e. The van der Waals surface area contributed by atoms with Crippen molar-refractivity contribution in [3.05, 3.63) is 30.3 Å². The van der Waals surface area contributed by atoms with E-state index in [1.54, 1.807) is 38.4 Å². The number of carbonyl (C=O) groups is 2. The van der Waals surface area contributed by atoms with Crippen LogP contribution in [0.1, 0.15) is 6.42 Å². The molecule has 0 aliphatic rings. The van der Waals surface area contributed by atoms with E-state index in [0.717, 1.165) is 0 Å². The number of carboxylic acids is 1. The fourth-order valence-corrected chi connectivity index (χ4v) is 1.41. The van der Waals surface area contributed by atoms with Gasteiger partial charge in [-0.05, 0) is 12.1 Å². The Kier molecular flexibility index (Phi) is 5.13. The van der Waals surface area contributed by atoms with Crippen molar-refractivity contribution in [2.24, 2.45) is 0 Å². The summed E-state index contributed by atoms with van der Waals surface area (Å²) in [7, 11) is 3.39. The summed E-state index contributed by atoms with van der Waals surface area (Å²) in [5.74, 6) is -0.936. The number of carbonyl (C=O) groups excluding carboxylic acids is 1. The van der Waals surface area contributed by atoms with Gasteiger partial charge in [-0.2, -0.15) is 0 Å². The summed E-state index contributed by atoms with van der Waals surface area (Å²) in [5, 5.41) is 10.2. The van der Waals surface area contributed by atoms with Crippen molar-refractivity contribution in [3.63, 3.8) is 0 Å². The molecule has 6 nitrogen and oxygen atoms in total. The van der Waals surface area contributed by atoms with Crippen LogP contribution in [-0.4, -0.2) is 42.8 Å². The fraction of sp³-hybridized carbons (Fsp3) is 0.333. The number of nitrogens with one attached hydrogen (secondary N) is 1. The summed E-state index contributed by atoms with van der Waals surface area (Å²) >= 11 is 0. The maximum Gasteiger partial charge on any atom is 0.336 e. The van der Waals surface area contributed by atoms with E-state index in [2.05, 4.69) is 5.43 Å². The third kappa shape index (κ3) is 4.42. The Bertz CT molecular complexity index is 406. The summed E-state index contributed by atoms with van der Waals surface area (Å²) in [6.45, 7) is 0.124. The van der Waals surface area contributed by atoms with Gasteiger partial charge in [0.15, 0.2) is 0 Å². The van der Waals surface area contributed by atoms with Gasteiger partial charge in [-0.25, -0.2) is 9.80 Å². The number of anilines is 1. The van der Waals surface area contributed by atoms with Crippen LogP contribution in [0, 0.1) is 0 Å². The van der Waals surface area contributed by atoms with Gasteiger partial charge in [0.2, 0.25) is 0 Å². The minimum atomic E-state index is -0.936. The van der Waals surface area contributed by atoms with E-state index >= 15 is 0 Å². The van der Waals surface area contributed by atoms with Gasteiger partial charge in [0.05, 0.1) is 6.42 Å². The zero-order valence-electron chi connectivity index (χ0n) is 10.5. The second kappa shape index (κ2) is 6.61. The molecule has 0 heterocycles. The summed E-state index contributed by atoms with van der Waals surface area (Å²) in [4.78, 5) is 24.0. The summed E-state index contributed by atoms with van der Waals surface area (Å²) in [5.41, 5.74) is 3.26. The molecule has 0 saturated carbocycles. The molecule has 98 valence electrons. The molecule has 0 aromatic heterocycles. The summed E-state index contributed by atoms with van der Waals surface area (Å²) in [6, 6.07) is 8.60. The predicted molar refractivity (Wildman–Crippen MR) is 68.3 cm³/mol. The molecule has 2 amide bonds. The Morgan fingerprint density at radius 1 is 1.22 bits per heavy atom. The first-order chi connectivity index (χ1) is 8.50. The van der Waals surface area contributed by atoms with Gasteiger partial charge in [0.1, 0.15) is 0 Å². The second-order valence-corrected chi connectivity index (χ2v) is 3.94. The van der Waals surface area contributed by atoms with E-state index < -0.39 is 5.97 Å². The molecule has 6 heteroatoms. The van der Waals surface area contributed by atoms with Crippen LogP contribution >= 0.6 is 0 Å². The van der Waals surface area contributed by atoms with E-state index in [-0.39, 0.29) is 19.0 Å². The number of urea groups is 1. The van der Waals surface area contributed by atoms with E-state index in [1.807, 2.05) is 6.07 Å². The fourth-order valence-electron chi connectivity index (χ4n) is 1.41. The Morgan fingerprint density at radius 3 is 2.33 bits per heavy atom. The number of nitrogens with zero attached hydrogens (tertiary/aromatic N) is 2. The molecule has 0 radical (unpaired) electrons. The molecule has 0 fully saturated rings. The zero-order valence-corrected chi connectivity index (χ0v) is 10.5. The first-order valence-corrected chi connectivity index (χ1v) is 5.53. The lowest BCUT2D eigenvalue weighted by Gasteiger charge is -2.24. The SMILES string of the molecule is CN(C)NC(=O)N(CCC(=O)O)c1ccccc1. The van der Waals surface area contributed by atoms with E-state index in [4.69, 9.17) is 5.11 Å². The van der Waals surface area contributed by atoms with Gasteiger partial charge >= 0.3 is 12.0 Å². The van der Waals surface area contributed by atoms with Crippen LogP contribution in [0.2, 0.25) is 0 Å². The number of carboxylic acid groups (broad SMARTS) is 1. The Morgan fingerprint density at radius 2 is 1.83 bits per heavy atom. The molecule has 2 N–H and O–H groups in total. The second-order valence-electron chi connectivity index (χ2n) is 3.94. The number of aliphatic carboxylic acids is 1. The van der Waals surface area contributed by atoms with Crippen molar-refractivity contribution in [1.82, 2.24) is 10.4 Å². The first kappa shape index (κ1) is 14.0.